The van der Waals surface area contributed by atoms with Crippen LogP contribution in [0.25, 0.3) is 10.9 Å². The Morgan fingerprint density at radius 2 is 1.81 bits per heavy atom. The molecule has 1 atom stereocenters. The Kier molecular flexibility index (Phi) is 4.58. The maximum Gasteiger partial charge on any atom is 0.417 e. The van der Waals surface area contributed by atoms with Gasteiger partial charge in [-0.25, -0.2) is 13.6 Å². The molecular formula is C18H17F3N2O2S. The van der Waals surface area contributed by atoms with E-state index in [4.69, 9.17) is 5.14 Å². The molecule has 0 saturated carbocycles. The number of primary sulfonamides is 1. The lowest BCUT2D eigenvalue weighted by Crippen LogP contribution is -2.21. The summed E-state index contributed by atoms with van der Waals surface area (Å²) in [6.07, 6.45) is -2.74. The van der Waals surface area contributed by atoms with Gasteiger partial charge in [-0.1, -0.05) is 37.3 Å². The molecule has 0 spiro atoms. The van der Waals surface area contributed by atoms with Gasteiger partial charge in [-0.15, -0.1) is 0 Å². The number of nitrogens with one attached hydrogen (secondary N) is 1. The molecule has 3 N–H and O–H groups in total. The second-order valence-electron chi connectivity index (χ2n) is 6.23. The predicted molar refractivity (Wildman–Crippen MR) is 93.2 cm³/mol. The number of alkyl halides is 3. The number of halogens is 3. The van der Waals surface area contributed by atoms with Crippen molar-refractivity contribution in [2.45, 2.75) is 30.3 Å². The van der Waals surface area contributed by atoms with E-state index in [9.17, 15) is 21.6 Å². The zero-order valence-electron chi connectivity index (χ0n) is 13.8. The maximum absolute atomic E-state index is 13.6. The summed E-state index contributed by atoms with van der Waals surface area (Å²) < 4.78 is 64.1. The molecule has 1 heterocycles. The first-order valence-corrected chi connectivity index (χ1v) is 9.41. The molecule has 0 aliphatic carbocycles. The first-order valence-electron chi connectivity index (χ1n) is 7.87. The molecule has 26 heavy (non-hydrogen) atoms. The Hall–Kier alpha value is -2.32. The van der Waals surface area contributed by atoms with Gasteiger partial charge in [0.1, 0.15) is 0 Å². The van der Waals surface area contributed by atoms with E-state index in [1.165, 1.54) is 12.1 Å². The number of sulfonamides is 1. The first kappa shape index (κ1) is 18.5. The van der Waals surface area contributed by atoms with Gasteiger partial charge in [-0.05, 0) is 35.6 Å². The summed E-state index contributed by atoms with van der Waals surface area (Å²) in [5.74, 6) is -0.562. The lowest BCUT2D eigenvalue weighted by Gasteiger charge is -2.20. The molecule has 0 saturated heterocycles. The van der Waals surface area contributed by atoms with Gasteiger partial charge in [-0.2, -0.15) is 13.2 Å². The number of benzene rings is 2. The summed E-state index contributed by atoms with van der Waals surface area (Å²) in [4.78, 5) is 2.19. The molecule has 0 radical (unpaired) electrons. The van der Waals surface area contributed by atoms with Gasteiger partial charge in [0.25, 0.3) is 0 Å². The average Bonchev–Trinajstić information content (AvgIpc) is 2.96. The van der Waals surface area contributed by atoms with Gasteiger partial charge in [0.15, 0.2) is 0 Å². The highest BCUT2D eigenvalue weighted by molar-refractivity contribution is 7.89. The van der Waals surface area contributed by atoms with Crippen molar-refractivity contribution in [2.75, 3.05) is 0 Å². The molecule has 2 aromatic carbocycles. The van der Waals surface area contributed by atoms with Gasteiger partial charge in [0.05, 0.1) is 10.5 Å². The molecule has 3 aromatic rings. The fourth-order valence-electron chi connectivity index (χ4n) is 3.24. The Balaban J connectivity index is 2.08. The van der Waals surface area contributed by atoms with E-state index in [1.807, 2.05) is 24.3 Å². The number of aromatic nitrogens is 1. The lowest BCUT2D eigenvalue weighted by atomic mass is 9.90. The smallest absolute Gasteiger partial charge is 0.361 e. The van der Waals surface area contributed by atoms with E-state index in [1.54, 1.807) is 13.1 Å². The summed E-state index contributed by atoms with van der Waals surface area (Å²) in [7, 11) is -4.50. The Morgan fingerprint density at radius 1 is 1.12 bits per heavy atom. The molecule has 1 aromatic heterocycles. The third kappa shape index (κ3) is 3.47. The van der Waals surface area contributed by atoms with Crippen LogP contribution in [-0.4, -0.2) is 13.4 Å². The molecule has 0 aliphatic heterocycles. The molecule has 0 aliphatic rings. The molecular weight excluding hydrogens is 365 g/mol. The lowest BCUT2D eigenvalue weighted by molar-refractivity contribution is -0.140. The fraction of sp³-hybridized carbons (Fsp3) is 0.222. The Bertz CT molecular complexity index is 1060. The summed E-state index contributed by atoms with van der Waals surface area (Å²) >= 11 is 0. The Morgan fingerprint density at radius 3 is 2.46 bits per heavy atom. The van der Waals surface area contributed by atoms with Crippen molar-refractivity contribution in [1.29, 1.82) is 0 Å². The fourth-order valence-corrected chi connectivity index (χ4v) is 4.03. The predicted octanol–water partition coefficient (Wildman–Crippen LogP) is 4.18. The van der Waals surface area contributed by atoms with Crippen molar-refractivity contribution in [1.82, 2.24) is 4.98 Å². The van der Waals surface area contributed by atoms with Crippen LogP contribution in [-0.2, 0) is 22.6 Å². The van der Waals surface area contributed by atoms with Crippen molar-refractivity contribution in [3.8, 4) is 0 Å². The normalized spacial score (nSPS) is 13.9. The second-order valence-corrected chi connectivity index (χ2v) is 7.76. The highest BCUT2D eigenvalue weighted by Crippen LogP contribution is 2.40. The molecule has 3 rings (SSSR count). The molecule has 4 nitrogen and oxygen atoms in total. The molecule has 1 unspecified atom stereocenters. The third-order valence-corrected chi connectivity index (χ3v) is 5.33. The standard InChI is InChI=1S/C18H17F3N2O2S/c1-11(9-12-10-23-15-7-3-2-5-14(12)15)13-6-4-8-16(26(22,24)25)17(13)18(19,20)21/h2-8,10-11,23H,9H2,1H3,(H2,22,24,25). The van der Waals surface area contributed by atoms with Crippen LogP contribution in [0.2, 0.25) is 0 Å². The molecule has 138 valence electrons. The number of rotatable bonds is 4. The SMILES string of the molecule is CC(Cc1c[nH]c2ccccc12)c1cccc(S(N)(=O)=O)c1C(F)(F)F. The minimum atomic E-state index is -4.83. The van der Waals surface area contributed by atoms with Crippen molar-refractivity contribution >= 4 is 20.9 Å². The number of hydrogen-bond acceptors (Lipinski definition) is 2. The van der Waals surface area contributed by atoms with E-state index in [2.05, 4.69) is 4.98 Å². The van der Waals surface area contributed by atoms with Crippen molar-refractivity contribution in [3.63, 3.8) is 0 Å². The molecule has 8 heteroatoms. The zero-order valence-corrected chi connectivity index (χ0v) is 14.7. The zero-order chi connectivity index (χ0) is 19.1. The van der Waals surface area contributed by atoms with E-state index >= 15 is 0 Å². The van der Waals surface area contributed by atoms with Crippen LogP contribution in [0.4, 0.5) is 13.2 Å². The van der Waals surface area contributed by atoms with Gasteiger partial charge in [-0.3, -0.25) is 0 Å². The number of para-hydroxylation sites is 1. The highest BCUT2D eigenvalue weighted by atomic mass is 32.2. The molecule has 0 amide bonds. The van der Waals surface area contributed by atoms with Crippen LogP contribution >= 0.6 is 0 Å². The van der Waals surface area contributed by atoms with Gasteiger partial charge in [0.2, 0.25) is 10.0 Å². The van der Waals surface area contributed by atoms with Crippen LogP contribution < -0.4 is 5.14 Å². The largest absolute Gasteiger partial charge is 0.417 e. The van der Waals surface area contributed by atoms with Gasteiger partial charge in [0, 0.05) is 17.1 Å². The van der Waals surface area contributed by atoms with Crippen molar-refractivity contribution in [2.24, 2.45) is 5.14 Å². The van der Waals surface area contributed by atoms with Crippen LogP contribution in [0.1, 0.15) is 29.5 Å². The Labute approximate surface area is 148 Å². The van der Waals surface area contributed by atoms with E-state index < -0.39 is 32.6 Å². The summed E-state index contributed by atoms with van der Waals surface area (Å²) in [5.41, 5.74) is 0.482. The monoisotopic (exact) mass is 382 g/mol. The van der Waals surface area contributed by atoms with E-state index in [-0.39, 0.29) is 5.56 Å². The van der Waals surface area contributed by atoms with E-state index in [0.29, 0.717) is 6.42 Å². The van der Waals surface area contributed by atoms with Gasteiger partial charge < -0.3 is 4.98 Å². The minimum Gasteiger partial charge on any atom is -0.361 e. The highest BCUT2D eigenvalue weighted by Gasteiger charge is 2.39. The van der Waals surface area contributed by atoms with Crippen molar-refractivity contribution in [3.05, 3.63) is 65.4 Å². The minimum absolute atomic E-state index is 0.0886. The van der Waals surface area contributed by atoms with Crippen molar-refractivity contribution < 1.29 is 21.6 Å². The average molecular weight is 382 g/mol. The van der Waals surface area contributed by atoms with E-state index in [0.717, 1.165) is 22.5 Å². The summed E-state index contributed by atoms with van der Waals surface area (Å²) in [5, 5.41) is 5.93. The van der Waals surface area contributed by atoms with Crippen LogP contribution in [0.15, 0.2) is 53.6 Å². The molecule has 0 bridgehead atoms. The number of aromatic amines is 1. The second kappa shape index (κ2) is 6.44. The number of nitrogens with two attached hydrogens (primary N) is 1. The number of fused-ring (bicyclic) bond motifs is 1. The van der Waals surface area contributed by atoms with Gasteiger partial charge >= 0.3 is 6.18 Å². The number of H-pyrrole nitrogens is 1. The van der Waals surface area contributed by atoms with Crippen LogP contribution in [0.3, 0.4) is 0 Å². The number of hydrogen-bond donors (Lipinski definition) is 2. The summed E-state index contributed by atoms with van der Waals surface area (Å²) in [6, 6.07) is 11.0. The summed E-state index contributed by atoms with van der Waals surface area (Å²) in [6.45, 7) is 1.64. The maximum atomic E-state index is 13.6. The first-order chi connectivity index (χ1) is 12.1. The van der Waals surface area contributed by atoms with Crippen LogP contribution in [0, 0.1) is 0 Å². The third-order valence-electron chi connectivity index (χ3n) is 4.38. The quantitative estimate of drug-likeness (QED) is 0.710. The molecule has 0 fully saturated rings. The topological polar surface area (TPSA) is 76.0 Å². The van der Waals surface area contributed by atoms with Crippen LogP contribution in [0.5, 0.6) is 0 Å².